The zero-order chi connectivity index (χ0) is 23.8. The van der Waals surface area contributed by atoms with Gasteiger partial charge >= 0.3 is 0 Å². The molecule has 0 heterocycles. The van der Waals surface area contributed by atoms with Crippen LogP contribution in [0.4, 0.5) is 17.1 Å². The number of anilines is 3. The second-order valence-electron chi connectivity index (χ2n) is 7.57. The summed E-state index contributed by atoms with van der Waals surface area (Å²) in [5, 5.41) is 8.91. The summed E-state index contributed by atoms with van der Waals surface area (Å²) in [6.45, 7) is 0.0977. The molecule has 0 aliphatic rings. The van der Waals surface area contributed by atoms with Crippen LogP contribution in [0.2, 0.25) is 0 Å². The third kappa shape index (κ3) is 5.81. The van der Waals surface area contributed by atoms with Gasteiger partial charge in [0, 0.05) is 28.2 Å². The van der Waals surface area contributed by atoms with Crippen molar-refractivity contribution in [3.8, 4) is 16.9 Å². The standard InChI is InChI=1S/C28H25N3O3/c1-34-24-17-15-23(16-18-24)30-28(33)21-11-13-22(14-12-21)29-19-27(32)31-26-10-6-5-9-25(26)20-7-3-2-4-8-20/h2-18,29H,19H2,1H3,(H,30,33)(H,31,32). The molecule has 4 aromatic rings. The molecule has 0 unspecified atom stereocenters. The Morgan fingerprint density at radius 3 is 2.06 bits per heavy atom. The lowest BCUT2D eigenvalue weighted by atomic mass is 10.0. The van der Waals surface area contributed by atoms with Crippen molar-refractivity contribution in [1.82, 2.24) is 0 Å². The first-order valence-corrected chi connectivity index (χ1v) is 10.9. The van der Waals surface area contributed by atoms with Gasteiger partial charge in [0.05, 0.1) is 13.7 Å². The first kappa shape index (κ1) is 22.6. The number of nitrogens with one attached hydrogen (secondary N) is 3. The van der Waals surface area contributed by atoms with Gasteiger partial charge in [0.1, 0.15) is 5.75 Å². The normalized spacial score (nSPS) is 10.3. The van der Waals surface area contributed by atoms with Crippen molar-refractivity contribution in [3.63, 3.8) is 0 Å². The molecule has 0 aliphatic carbocycles. The summed E-state index contributed by atoms with van der Waals surface area (Å²) in [7, 11) is 1.59. The molecular weight excluding hydrogens is 426 g/mol. The van der Waals surface area contributed by atoms with Gasteiger partial charge in [-0.05, 0) is 60.2 Å². The van der Waals surface area contributed by atoms with Crippen LogP contribution in [-0.2, 0) is 4.79 Å². The second-order valence-corrected chi connectivity index (χ2v) is 7.57. The molecule has 0 spiro atoms. The van der Waals surface area contributed by atoms with E-state index < -0.39 is 0 Å². The van der Waals surface area contributed by atoms with Gasteiger partial charge in [-0.25, -0.2) is 0 Å². The SMILES string of the molecule is COc1ccc(NC(=O)c2ccc(NCC(=O)Nc3ccccc3-c3ccccc3)cc2)cc1. The van der Waals surface area contributed by atoms with Crippen molar-refractivity contribution < 1.29 is 14.3 Å². The van der Waals surface area contributed by atoms with Crippen LogP contribution in [0, 0.1) is 0 Å². The van der Waals surface area contributed by atoms with Crippen molar-refractivity contribution in [3.05, 3.63) is 109 Å². The van der Waals surface area contributed by atoms with Crippen LogP contribution in [0.15, 0.2) is 103 Å². The molecule has 0 bridgehead atoms. The van der Waals surface area contributed by atoms with Crippen LogP contribution < -0.4 is 20.7 Å². The van der Waals surface area contributed by atoms with E-state index in [0.29, 0.717) is 11.3 Å². The number of carbonyl (C=O) groups excluding carboxylic acids is 2. The van der Waals surface area contributed by atoms with Gasteiger partial charge in [0.15, 0.2) is 0 Å². The maximum Gasteiger partial charge on any atom is 0.255 e. The highest BCUT2D eigenvalue weighted by Crippen LogP contribution is 2.27. The molecule has 0 aromatic heterocycles. The smallest absolute Gasteiger partial charge is 0.255 e. The Bertz CT molecular complexity index is 1250. The number of hydrogen-bond donors (Lipinski definition) is 3. The van der Waals surface area contributed by atoms with E-state index in [1.807, 2.05) is 54.6 Å². The molecule has 4 aromatic carbocycles. The molecule has 0 saturated heterocycles. The van der Waals surface area contributed by atoms with E-state index in [1.54, 1.807) is 55.6 Å². The fourth-order valence-electron chi connectivity index (χ4n) is 3.46. The van der Waals surface area contributed by atoms with Crippen molar-refractivity contribution in [1.29, 1.82) is 0 Å². The third-order valence-electron chi connectivity index (χ3n) is 5.23. The fourth-order valence-corrected chi connectivity index (χ4v) is 3.46. The van der Waals surface area contributed by atoms with Crippen LogP contribution in [0.1, 0.15) is 10.4 Å². The highest BCUT2D eigenvalue weighted by molar-refractivity contribution is 6.04. The van der Waals surface area contributed by atoms with Gasteiger partial charge in [0.25, 0.3) is 5.91 Å². The van der Waals surface area contributed by atoms with E-state index in [9.17, 15) is 9.59 Å². The molecule has 3 N–H and O–H groups in total. The summed E-state index contributed by atoms with van der Waals surface area (Å²) >= 11 is 0. The minimum Gasteiger partial charge on any atom is -0.497 e. The summed E-state index contributed by atoms with van der Waals surface area (Å²) in [5.41, 5.74) is 4.69. The molecular formula is C28H25N3O3. The predicted octanol–water partition coefficient (Wildman–Crippen LogP) is 5.67. The van der Waals surface area contributed by atoms with Crippen molar-refractivity contribution in [2.75, 3.05) is 29.6 Å². The Labute approximate surface area is 198 Å². The van der Waals surface area contributed by atoms with Crippen molar-refractivity contribution >= 4 is 28.9 Å². The Morgan fingerprint density at radius 1 is 0.706 bits per heavy atom. The number of benzene rings is 4. The lowest BCUT2D eigenvalue weighted by molar-refractivity contribution is -0.114. The molecule has 170 valence electrons. The quantitative estimate of drug-likeness (QED) is 0.323. The summed E-state index contributed by atoms with van der Waals surface area (Å²) in [6, 6.07) is 31.7. The van der Waals surface area contributed by atoms with Crippen LogP contribution in [0.3, 0.4) is 0 Å². The number of amides is 2. The first-order chi connectivity index (χ1) is 16.6. The molecule has 6 heteroatoms. The number of methoxy groups -OCH3 is 1. The number of rotatable bonds is 8. The monoisotopic (exact) mass is 451 g/mol. The minimum absolute atomic E-state index is 0.0977. The number of hydrogen-bond acceptors (Lipinski definition) is 4. The second kappa shape index (κ2) is 10.8. The Hall–Kier alpha value is -4.58. The highest BCUT2D eigenvalue weighted by Gasteiger charge is 2.09. The number of carbonyl (C=O) groups is 2. The van der Waals surface area contributed by atoms with Crippen LogP contribution in [0.5, 0.6) is 5.75 Å². The Morgan fingerprint density at radius 2 is 1.35 bits per heavy atom. The molecule has 0 radical (unpaired) electrons. The molecule has 0 aliphatic heterocycles. The van der Waals surface area contributed by atoms with E-state index in [2.05, 4.69) is 16.0 Å². The zero-order valence-electron chi connectivity index (χ0n) is 18.7. The van der Waals surface area contributed by atoms with Crippen molar-refractivity contribution in [2.45, 2.75) is 0 Å². The van der Waals surface area contributed by atoms with Gasteiger partial charge in [-0.1, -0.05) is 48.5 Å². The zero-order valence-corrected chi connectivity index (χ0v) is 18.7. The molecule has 4 rings (SSSR count). The molecule has 34 heavy (non-hydrogen) atoms. The maximum absolute atomic E-state index is 12.5. The molecule has 0 atom stereocenters. The summed E-state index contributed by atoms with van der Waals surface area (Å²) in [6.07, 6.45) is 0. The third-order valence-corrected chi connectivity index (χ3v) is 5.23. The molecule has 2 amide bonds. The van der Waals surface area contributed by atoms with Crippen LogP contribution in [0.25, 0.3) is 11.1 Å². The maximum atomic E-state index is 12.5. The largest absolute Gasteiger partial charge is 0.497 e. The fraction of sp³-hybridized carbons (Fsp3) is 0.0714. The Kier molecular flexibility index (Phi) is 7.20. The summed E-state index contributed by atoms with van der Waals surface area (Å²) in [5.74, 6) is 0.345. The average Bonchev–Trinajstić information content (AvgIpc) is 2.89. The van der Waals surface area contributed by atoms with Gasteiger partial charge in [-0.2, -0.15) is 0 Å². The van der Waals surface area contributed by atoms with E-state index >= 15 is 0 Å². The highest BCUT2D eigenvalue weighted by atomic mass is 16.5. The van der Waals surface area contributed by atoms with Gasteiger partial charge < -0.3 is 20.7 Å². The topological polar surface area (TPSA) is 79.5 Å². The summed E-state index contributed by atoms with van der Waals surface area (Å²) < 4.78 is 5.12. The van der Waals surface area contributed by atoms with E-state index in [1.165, 1.54) is 0 Å². The van der Waals surface area contributed by atoms with E-state index in [-0.39, 0.29) is 18.4 Å². The average molecular weight is 452 g/mol. The van der Waals surface area contributed by atoms with Gasteiger partial charge in [0.2, 0.25) is 5.91 Å². The molecule has 0 saturated carbocycles. The van der Waals surface area contributed by atoms with E-state index in [0.717, 1.165) is 28.3 Å². The van der Waals surface area contributed by atoms with Crippen LogP contribution in [-0.4, -0.2) is 25.5 Å². The number of ether oxygens (including phenoxy) is 1. The van der Waals surface area contributed by atoms with Gasteiger partial charge in [-0.3, -0.25) is 9.59 Å². The first-order valence-electron chi connectivity index (χ1n) is 10.9. The van der Waals surface area contributed by atoms with Gasteiger partial charge in [-0.15, -0.1) is 0 Å². The minimum atomic E-state index is -0.216. The van der Waals surface area contributed by atoms with Crippen LogP contribution >= 0.6 is 0 Å². The van der Waals surface area contributed by atoms with E-state index in [4.69, 9.17) is 4.74 Å². The summed E-state index contributed by atoms with van der Waals surface area (Å²) in [4.78, 5) is 25.0. The lowest BCUT2D eigenvalue weighted by Crippen LogP contribution is -2.22. The molecule has 0 fully saturated rings. The van der Waals surface area contributed by atoms with Crippen molar-refractivity contribution in [2.24, 2.45) is 0 Å². The Balaban J connectivity index is 1.32. The number of para-hydroxylation sites is 1. The lowest BCUT2D eigenvalue weighted by Gasteiger charge is -2.12. The predicted molar refractivity (Wildman–Crippen MR) is 136 cm³/mol. The molecule has 6 nitrogen and oxygen atoms in total.